The van der Waals surface area contributed by atoms with Crippen LogP contribution in [0.4, 0.5) is 10.7 Å². The molecule has 0 spiro atoms. The van der Waals surface area contributed by atoms with Crippen LogP contribution in [0.1, 0.15) is 25.3 Å². The normalized spacial score (nSPS) is 15.4. The second-order valence-corrected chi connectivity index (χ2v) is 7.81. The van der Waals surface area contributed by atoms with Crippen molar-refractivity contribution >= 4 is 33.9 Å². The highest BCUT2D eigenvalue weighted by atomic mass is 32.1. The number of hydrogen-bond donors (Lipinski definition) is 3. The van der Waals surface area contributed by atoms with Gasteiger partial charge in [-0.25, -0.2) is 0 Å². The summed E-state index contributed by atoms with van der Waals surface area (Å²) in [6.45, 7) is 4.35. The average Bonchev–Trinajstić information content (AvgIpc) is 3.26. The predicted octanol–water partition coefficient (Wildman–Crippen LogP) is 3.08. The second-order valence-electron chi connectivity index (χ2n) is 6.88. The van der Waals surface area contributed by atoms with E-state index in [1.165, 1.54) is 10.6 Å². The molecule has 2 aromatic rings. The van der Waals surface area contributed by atoms with Crippen LogP contribution in [0, 0.1) is 0 Å². The Morgan fingerprint density at radius 3 is 2.75 bits per heavy atom. The maximum absolute atomic E-state index is 12.2. The molecule has 3 rings (SSSR count). The van der Waals surface area contributed by atoms with Gasteiger partial charge in [0.1, 0.15) is 0 Å². The highest BCUT2D eigenvalue weighted by molar-refractivity contribution is 7.14. The second kappa shape index (κ2) is 10.1. The van der Waals surface area contributed by atoms with Crippen LogP contribution in [-0.4, -0.2) is 44.6 Å². The van der Waals surface area contributed by atoms with E-state index in [1.54, 1.807) is 18.4 Å². The number of nitrogens with one attached hydrogen (secondary N) is 3. The molecule has 1 aliphatic rings. The van der Waals surface area contributed by atoms with E-state index in [0.717, 1.165) is 38.0 Å². The van der Waals surface area contributed by atoms with Gasteiger partial charge in [-0.1, -0.05) is 19.1 Å². The number of nitrogens with zero attached hydrogens (tertiary/aromatic N) is 2. The smallest absolute Gasteiger partial charge is 0.243 e. The summed E-state index contributed by atoms with van der Waals surface area (Å²) in [6.07, 6.45) is 3.05. The predicted molar refractivity (Wildman–Crippen MR) is 119 cm³/mol. The average molecular weight is 400 g/mol. The van der Waals surface area contributed by atoms with Crippen molar-refractivity contribution in [3.63, 3.8) is 0 Å². The largest absolute Gasteiger partial charge is 0.363 e. The Kier molecular flexibility index (Phi) is 7.31. The molecule has 2 heterocycles. The molecule has 0 radical (unpaired) electrons. The first-order valence-electron chi connectivity index (χ1n) is 9.82. The highest BCUT2D eigenvalue weighted by Gasteiger charge is 2.20. The lowest BCUT2D eigenvalue weighted by Crippen LogP contribution is -2.49. The first-order valence-corrected chi connectivity index (χ1v) is 10.7. The van der Waals surface area contributed by atoms with E-state index in [1.807, 2.05) is 18.2 Å². The third-order valence-corrected chi connectivity index (χ3v) is 5.84. The monoisotopic (exact) mass is 399 g/mol. The van der Waals surface area contributed by atoms with E-state index < -0.39 is 0 Å². The van der Waals surface area contributed by atoms with Gasteiger partial charge in [-0.2, -0.15) is 0 Å². The van der Waals surface area contributed by atoms with Crippen LogP contribution in [0.3, 0.4) is 0 Å². The molecule has 7 heteroatoms. The fourth-order valence-electron chi connectivity index (χ4n) is 3.32. The fraction of sp³-hybridized carbons (Fsp3) is 0.429. The molecule has 3 N–H and O–H groups in total. The molecule has 1 aromatic carbocycles. The summed E-state index contributed by atoms with van der Waals surface area (Å²) in [4.78, 5) is 18.9. The van der Waals surface area contributed by atoms with Crippen LogP contribution in [0.5, 0.6) is 0 Å². The Bertz CT molecular complexity index is 782. The Morgan fingerprint density at radius 2 is 2.07 bits per heavy atom. The van der Waals surface area contributed by atoms with Crippen LogP contribution in [0.2, 0.25) is 0 Å². The molecule has 150 valence electrons. The Balaban J connectivity index is 1.41. The number of aryl methyl sites for hydroxylation is 1. The van der Waals surface area contributed by atoms with Crippen LogP contribution in [0.15, 0.2) is 46.8 Å². The first kappa shape index (κ1) is 20.2. The van der Waals surface area contributed by atoms with Gasteiger partial charge in [0.2, 0.25) is 5.91 Å². The third kappa shape index (κ3) is 5.73. The van der Waals surface area contributed by atoms with Gasteiger partial charge in [-0.15, -0.1) is 11.3 Å². The third-order valence-electron chi connectivity index (χ3n) is 4.91. The number of anilines is 2. The maximum Gasteiger partial charge on any atom is 0.243 e. The number of guanidine groups is 1. The topological polar surface area (TPSA) is 68.8 Å². The fourth-order valence-corrected chi connectivity index (χ4v) is 4.11. The number of carbonyl (C=O) groups excluding carboxylic acids is 1. The van der Waals surface area contributed by atoms with Gasteiger partial charge in [-0.3, -0.25) is 9.79 Å². The summed E-state index contributed by atoms with van der Waals surface area (Å²) in [6, 6.07) is 12.6. The van der Waals surface area contributed by atoms with Crippen molar-refractivity contribution < 1.29 is 4.79 Å². The molecule has 1 aliphatic heterocycles. The van der Waals surface area contributed by atoms with Gasteiger partial charge in [0, 0.05) is 31.9 Å². The molecule has 0 atom stereocenters. The van der Waals surface area contributed by atoms with Crippen LogP contribution in [0.25, 0.3) is 0 Å². The molecule has 1 fully saturated rings. The van der Waals surface area contributed by atoms with Crippen molar-refractivity contribution in [2.45, 2.75) is 32.2 Å². The molecule has 1 amide bonds. The molecule has 6 nitrogen and oxygen atoms in total. The van der Waals surface area contributed by atoms with Crippen molar-refractivity contribution in [1.29, 1.82) is 0 Å². The summed E-state index contributed by atoms with van der Waals surface area (Å²) in [5.74, 6) is 0.593. The molecule has 0 bridgehead atoms. The zero-order valence-electron chi connectivity index (χ0n) is 16.6. The Morgan fingerprint density at radius 1 is 1.25 bits per heavy atom. The van der Waals surface area contributed by atoms with Gasteiger partial charge < -0.3 is 20.9 Å². The molecule has 1 saturated heterocycles. The standard InChI is InChI=1S/C21H29N5OS/c1-3-16-6-4-7-18(14-16)24-19(27)15-23-21(22-2)25-17-9-11-26(12-10-17)20-8-5-13-28-20/h4-8,13-14,17H,3,9-12,15H2,1-2H3,(H,24,27)(H2,22,23,25). The maximum atomic E-state index is 12.2. The number of rotatable bonds is 6. The minimum atomic E-state index is -0.0799. The van der Waals surface area contributed by atoms with Crippen molar-refractivity contribution in [1.82, 2.24) is 10.6 Å². The number of thiophene rings is 1. The lowest BCUT2D eigenvalue weighted by molar-refractivity contribution is -0.115. The zero-order chi connectivity index (χ0) is 19.8. The minimum Gasteiger partial charge on any atom is -0.363 e. The van der Waals surface area contributed by atoms with Crippen LogP contribution >= 0.6 is 11.3 Å². The van der Waals surface area contributed by atoms with Gasteiger partial charge in [0.15, 0.2) is 5.96 Å². The molecule has 28 heavy (non-hydrogen) atoms. The van der Waals surface area contributed by atoms with Crippen LogP contribution in [-0.2, 0) is 11.2 Å². The number of aliphatic imine (C=N–C) groups is 1. The van der Waals surface area contributed by atoms with Crippen molar-refractivity contribution in [3.8, 4) is 0 Å². The van der Waals surface area contributed by atoms with E-state index in [9.17, 15) is 4.79 Å². The van der Waals surface area contributed by atoms with E-state index in [2.05, 4.69) is 56.3 Å². The summed E-state index contributed by atoms with van der Waals surface area (Å²) < 4.78 is 0. The van der Waals surface area contributed by atoms with Crippen LogP contribution < -0.4 is 20.9 Å². The van der Waals surface area contributed by atoms with E-state index in [4.69, 9.17) is 0 Å². The van der Waals surface area contributed by atoms with Gasteiger partial charge >= 0.3 is 0 Å². The van der Waals surface area contributed by atoms with E-state index in [-0.39, 0.29) is 12.5 Å². The summed E-state index contributed by atoms with van der Waals surface area (Å²) in [5, 5.41) is 13.0. The van der Waals surface area contributed by atoms with Crippen molar-refractivity contribution in [2.24, 2.45) is 4.99 Å². The highest BCUT2D eigenvalue weighted by Crippen LogP contribution is 2.24. The quantitative estimate of drug-likeness (QED) is 0.516. The zero-order valence-corrected chi connectivity index (χ0v) is 17.4. The molecule has 0 aliphatic carbocycles. The SMILES string of the molecule is CCc1cccc(NC(=O)CNC(=NC)NC2CCN(c3cccs3)CC2)c1. The number of hydrogen-bond acceptors (Lipinski definition) is 4. The molecule has 0 saturated carbocycles. The van der Waals surface area contributed by atoms with Gasteiger partial charge in [-0.05, 0) is 54.5 Å². The van der Waals surface area contributed by atoms with Gasteiger partial charge in [0.05, 0.1) is 11.5 Å². The van der Waals surface area contributed by atoms with Crippen molar-refractivity contribution in [2.75, 3.05) is 36.9 Å². The van der Waals surface area contributed by atoms with E-state index in [0.29, 0.717) is 12.0 Å². The first-order chi connectivity index (χ1) is 13.7. The number of amides is 1. The van der Waals surface area contributed by atoms with E-state index >= 15 is 0 Å². The summed E-state index contributed by atoms with van der Waals surface area (Å²) in [5.41, 5.74) is 2.03. The Hall–Kier alpha value is -2.54. The molecule has 0 unspecified atom stereocenters. The molecular formula is C21H29N5OS. The molecule has 1 aromatic heterocycles. The summed E-state index contributed by atoms with van der Waals surface area (Å²) in [7, 11) is 1.73. The number of piperidine rings is 1. The molecular weight excluding hydrogens is 370 g/mol. The number of carbonyl (C=O) groups is 1. The van der Waals surface area contributed by atoms with Gasteiger partial charge in [0.25, 0.3) is 0 Å². The lowest BCUT2D eigenvalue weighted by atomic mass is 10.1. The van der Waals surface area contributed by atoms with Crippen molar-refractivity contribution in [3.05, 3.63) is 47.3 Å². The minimum absolute atomic E-state index is 0.0799. The lowest BCUT2D eigenvalue weighted by Gasteiger charge is -2.33. The summed E-state index contributed by atoms with van der Waals surface area (Å²) >= 11 is 1.79. The number of benzene rings is 1. The Labute approximate surface area is 171 Å².